The highest BCUT2D eigenvalue weighted by Gasteiger charge is 2.09. The van der Waals surface area contributed by atoms with Crippen LogP contribution < -0.4 is 0 Å². The van der Waals surface area contributed by atoms with Gasteiger partial charge in [-0.1, -0.05) is 0 Å². The van der Waals surface area contributed by atoms with Gasteiger partial charge in [0.2, 0.25) is 0 Å². The number of azo groups is 1. The molecule has 2 N–H and O–H groups in total. The largest absolute Gasteiger partial charge is 0.294 e. The molecule has 0 unspecified atom stereocenters. The summed E-state index contributed by atoms with van der Waals surface area (Å²) in [5.41, 5.74) is 0.678. The van der Waals surface area contributed by atoms with Gasteiger partial charge in [-0.15, -0.1) is 0 Å². The van der Waals surface area contributed by atoms with Crippen molar-refractivity contribution >= 4 is 31.6 Å². The molecule has 2 aromatic rings. The third-order valence-corrected chi connectivity index (χ3v) is 4.29. The minimum Gasteiger partial charge on any atom is -0.282 e. The van der Waals surface area contributed by atoms with Crippen LogP contribution in [0.25, 0.3) is 0 Å². The van der Waals surface area contributed by atoms with Crippen molar-refractivity contribution in [3.8, 4) is 0 Å². The zero-order valence-corrected chi connectivity index (χ0v) is 12.5. The normalized spacial score (nSPS) is 12.6. The molecule has 2 aromatic carbocycles. The molecule has 0 amide bonds. The third kappa shape index (κ3) is 4.18. The summed E-state index contributed by atoms with van der Waals surface area (Å²) in [4.78, 5) is -0.520. The summed E-state index contributed by atoms with van der Waals surface area (Å²) < 4.78 is 61.1. The van der Waals surface area contributed by atoms with Crippen LogP contribution in [-0.2, 0) is 20.2 Å². The second-order valence-electron chi connectivity index (χ2n) is 4.14. The minimum atomic E-state index is -4.26. The minimum absolute atomic E-state index is 0.260. The van der Waals surface area contributed by atoms with Crippen LogP contribution in [0.1, 0.15) is 0 Å². The van der Waals surface area contributed by atoms with Crippen LogP contribution in [0.5, 0.6) is 0 Å². The van der Waals surface area contributed by atoms with Gasteiger partial charge in [-0.25, -0.2) is 0 Å². The van der Waals surface area contributed by atoms with Gasteiger partial charge in [0.05, 0.1) is 21.2 Å². The topological polar surface area (TPSA) is 133 Å². The average Bonchev–Trinajstić information content (AvgIpc) is 2.44. The molecule has 0 heterocycles. The highest BCUT2D eigenvalue weighted by atomic mass is 32.2. The molecule has 22 heavy (non-hydrogen) atoms. The van der Waals surface area contributed by atoms with Gasteiger partial charge >= 0.3 is 0 Å². The van der Waals surface area contributed by atoms with Crippen LogP contribution in [0.2, 0.25) is 0 Å². The summed E-state index contributed by atoms with van der Waals surface area (Å²) >= 11 is 0. The first-order chi connectivity index (χ1) is 10.2. The number of hydrogen-bond acceptors (Lipinski definition) is 6. The molecule has 116 valence electrons. The molecule has 0 fully saturated rings. The van der Waals surface area contributed by atoms with Crippen molar-refractivity contribution in [2.75, 3.05) is 0 Å². The summed E-state index contributed by atoms with van der Waals surface area (Å²) in [6.45, 7) is 0. The van der Waals surface area contributed by atoms with E-state index < -0.39 is 20.2 Å². The van der Waals surface area contributed by atoms with Crippen molar-refractivity contribution in [3.63, 3.8) is 0 Å². The van der Waals surface area contributed by atoms with Crippen LogP contribution in [0.3, 0.4) is 0 Å². The van der Waals surface area contributed by atoms with E-state index in [2.05, 4.69) is 10.2 Å². The van der Waals surface area contributed by atoms with E-state index in [9.17, 15) is 16.8 Å². The van der Waals surface area contributed by atoms with E-state index >= 15 is 0 Å². The smallest absolute Gasteiger partial charge is 0.282 e. The van der Waals surface area contributed by atoms with Crippen molar-refractivity contribution < 1.29 is 25.9 Å². The van der Waals surface area contributed by atoms with E-state index in [1.165, 1.54) is 48.5 Å². The summed E-state index contributed by atoms with van der Waals surface area (Å²) in [5, 5.41) is 7.66. The van der Waals surface area contributed by atoms with Crippen molar-refractivity contribution in [1.29, 1.82) is 0 Å². The maximum absolute atomic E-state index is 10.9. The number of benzene rings is 2. The Labute approximate surface area is 126 Å². The Kier molecular flexibility index (Phi) is 4.37. The fraction of sp³-hybridized carbons (Fsp3) is 0. The lowest BCUT2D eigenvalue weighted by atomic mass is 10.3. The number of rotatable bonds is 4. The van der Waals surface area contributed by atoms with Crippen LogP contribution in [-0.4, -0.2) is 25.9 Å². The maximum Gasteiger partial charge on any atom is 0.294 e. The standard InChI is InChI=1S/C12H10N2O6S2/c15-21(16,17)11-5-1-9(2-6-11)13-14-10-3-7-12(8-4-10)22(18,19)20/h1-8H,(H,15,16,17)(H,18,19,20)/b14-13+. The fourth-order valence-electron chi connectivity index (χ4n) is 1.49. The molecule has 0 bridgehead atoms. The first kappa shape index (κ1) is 16.2. The Morgan fingerprint density at radius 1 is 0.591 bits per heavy atom. The summed E-state index contributed by atoms with van der Waals surface area (Å²) in [6, 6.07) is 10.1. The van der Waals surface area contributed by atoms with Crippen LogP contribution in [0.4, 0.5) is 11.4 Å². The molecule has 0 spiro atoms. The van der Waals surface area contributed by atoms with Crippen LogP contribution in [0, 0.1) is 0 Å². The molecule has 0 aliphatic carbocycles. The van der Waals surface area contributed by atoms with E-state index in [1.54, 1.807) is 0 Å². The molecule has 0 radical (unpaired) electrons. The summed E-state index contributed by atoms with van der Waals surface area (Å²) in [7, 11) is -8.52. The number of hydrogen-bond donors (Lipinski definition) is 2. The van der Waals surface area contributed by atoms with Gasteiger partial charge in [-0.3, -0.25) is 9.11 Å². The molecule has 0 aliphatic rings. The van der Waals surface area contributed by atoms with E-state index in [0.29, 0.717) is 11.4 Å². The van der Waals surface area contributed by atoms with Gasteiger partial charge in [0.15, 0.2) is 0 Å². The van der Waals surface area contributed by atoms with E-state index in [4.69, 9.17) is 9.11 Å². The van der Waals surface area contributed by atoms with Crippen molar-refractivity contribution in [2.45, 2.75) is 9.79 Å². The molecule has 0 saturated carbocycles. The van der Waals surface area contributed by atoms with Gasteiger partial charge in [0, 0.05) is 0 Å². The Balaban J connectivity index is 2.18. The Hall–Kier alpha value is -2.14. The number of nitrogens with zero attached hydrogens (tertiary/aromatic N) is 2. The first-order valence-corrected chi connectivity index (χ1v) is 8.61. The molecule has 0 atom stereocenters. The molecule has 10 heteroatoms. The zero-order valence-electron chi connectivity index (χ0n) is 10.9. The molecule has 8 nitrogen and oxygen atoms in total. The molecular weight excluding hydrogens is 332 g/mol. The summed E-state index contributed by atoms with van der Waals surface area (Å²) in [5.74, 6) is 0. The second kappa shape index (κ2) is 5.93. The zero-order chi connectivity index (χ0) is 16.4. The molecular formula is C12H10N2O6S2. The fourth-order valence-corrected chi connectivity index (χ4v) is 2.45. The van der Waals surface area contributed by atoms with E-state index in [1.807, 2.05) is 0 Å². The highest BCUT2D eigenvalue weighted by molar-refractivity contribution is 7.86. The van der Waals surface area contributed by atoms with Crippen molar-refractivity contribution in [2.24, 2.45) is 10.2 Å². The Morgan fingerprint density at radius 3 is 1.09 bits per heavy atom. The highest BCUT2D eigenvalue weighted by Crippen LogP contribution is 2.21. The monoisotopic (exact) mass is 342 g/mol. The molecule has 0 aliphatic heterocycles. The SMILES string of the molecule is O=S(=O)(O)c1ccc(/N=N/c2ccc(S(=O)(=O)O)cc2)cc1. The van der Waals surface area contributed by atoms with Gasteiger partial charge in [-0.05, 0) is 48.5 Å². The molecule has 0 saturated heterocycles. The van der Waals surface area contributed by atoms with Gasteiger partial charge in [-0.2, -0.15) is 27.1 Å². The van der Waals surface area contributed by atoms with E-state index in [-0.39, 0.29) is 9.79 Å². The van der Waals surface area contributed by atoms with Crippen LogP contribution in [0.15, 0.2) is 68.6 Å². The average molecular weight is 342 g/mol. The Morgan fingerprint density at radius 2 is 0.864 bits per heavy atom. The molecule has 0 aromatic heterocycles. The predicted molar refractivity (Wildman–Crippen MR) is 76.7 cm³/mol. The van der Waals surface area contributed by atoms with Crippen molar-refractivity contribution in [1.82, 2.24) is 0 Å². The maximum atomic E-state index is 10.9. The Bertz CT molecular complexity index is 824. The second-order valence-corrected chi connectivity index (χ2v) is 6.98. The quantitative estimate of drug-likeness (QED) is 0.648. The van der Waals surface area contributed by atoms with Crippen LogP contribution >= 0.6 is 0 Å². The molecule has 2 rings (SSSR count). The van der Waals surface area contributed by atoms with Crippen molar-refractivity contribution in [3.05, 3.63) is 48.5 Å². The summed E-state index contributed by atoms with van der Waals surface area (Å²) in [6.07, 6.45) is 0. The van der Waals surface area contributed by atoms with Gasteiger partial charge in [0.25, 0.3) is 20.2 Å². The lowest BCUT2D eigenvalue weighted by molar-refractivity contribution is 0.481. The van der Waals surface area contributed by atoms with Gasteiger partial charge in [0.1, 0.15) is 0 Å². The lowest BCUT2D eigenvalue weighted by Gasteiger charge is -1.98. The lowest BCUT2D eigenvalue weighted by Crippen LogP contribution is -1.96. The van der Waals surface area contributed by atoms with Gasteiger partial charge < -0.3 is 0 Å². The third-order valence-electron chi connectivity index (χ3n) is 2.55. The predicted octanol–water partition coefficient (Wildman–Crippen LogP) is 2.60. The van der Waals surface area contributed by atoms with E-state index in [0.717, 1.165) is 0 Å². The first-order valence-electron chi connectivity index (χ1n) is 5.73.